The molecule has 0 aliphatic carbocycles. The molecule has 80 valence electrons. The van der Waals surface area contributed by atoms with Crippen LogP contribution in [-0.4, -0.2) is 4.57 Å². The van der Waals surface area contributed by atoms with Crippen molar-refractivity contribution in [3.8, 4) is 6.07 Å². The van der Waals surface area contributed by atoms with Gasteiger partial charge >= 0.3 is 0 Å². The lowest BCUT2D eigenvalue weighted by Crippen LogP contribution is -2.28. The van der Waals surface area contributed by atoms with Crippen molar-refractivity contribution in [1.82, 2.24) is 4.57 Å². The summed E-state index contributed by atoms with van der Waals surface area (Å²) in [4.78, 5) is 11.8. The molecule has 0 saturated carbocycles. The molecule has 2 aromatic rings. The van der Waals surface area contributed by atoms with Crippen molar-refractivity contribution in [2.45, 2.75) is 0 Å². The molecule has 5 heteroatoms. The van der Waals surface area contributed by atoms with Gasteiger partial charge in [0.05, 0.1) is 10.6 Å². The zero-order chi connectivity index (χ0) is 11.5. The minimum Gasteiger partial charge on any atom is -0.301 e. The Bertz CT molecular complexity index is 699. The largest absolute Gasteiger partial charge is 0.301 e. The molecule has 0 bridgehead atoms. The fourth-order valence-corrected chi connectivity index (χ4v) is 2.87. The summed E-state index contributed by atoms with van der Waals surface area (Å²) in [5.41, 5.74) is 0.963. The molecule has 2 rings (SSSR count). The first-order valence-corrected chi connectivity index (χ1v) is 6.28. The van der Waals surface area contributed by atoms with E-state index in [9.17, 15) is 4.79 Å². The monoisotopic (exact) mass is 248 g/mol. The third-order valence-corrected chi connectivity index (χ3v) is 3.90. The van der Waals surface area contributed by atoms with Crippen LogP contribution in [0.2, 0.25) is 0 Å². The highest BCUT2D eigenvalue weighted by molar-refractivity contribution is 7.08. The maximum Gasteiger partial charge on any atom is 0.268 e. The van der Waals surface area contributed by atoms with Crippen molar-refractivity contribution in [3.63, 3.8) is 0 Å². The number of nitrogens with zero attached hydrogens (tertiary/aromatic N) is 2. The summed E-state index contributed by atoms with van der Waals surface area (Å²) >= 11 is 2.92. The van der Waals surface area contributed by atoms with Crippen LogP contribution in [0.3, 0.4) is 0 Å². The zero-order valence-corrected chi connectivity index (χ0v) is 10.1. The predicted molar refractivity (Wildman–Crippen MR) is 66.8 cm³/mol. The molecule has 0 radical (unpaired) electrons. The van der Waals surface area contributed by atoms with E-state index in [4.69, 9.17) is 5.26 Å². The first kappa shape index (κ1) is 10.9. The van der Waals surface area contributed by atoms with Crippen LogP contribution in [-0.2, 0) is 7.05 Å². The van der Waals surface area contributed by atoms with Gasteiger partial charge in [-0.15, -0.1) is 11.3 Å². The molecule has 0 aromatic carbocycles. The van der Waals surface area contributed by atoms with Crippen LogP contribution in [0.1, 0.15) is 5.56 Å². The summed E-state index contributed by atoms with van der Waals surface area (Å²) in [7, 11) is 1.67. The minimum atomic E-state index is -0.0577. The van der Waals surface area contributed by atoms with Gasteiger partial charge in [0.15, 0.2) is 0 Å². The Morgan fingerprint density at radius 1 is 1.56 bits per heavy atom. The minimum absolute atomic E-state index is 0.0577. The Morgan fingerprint density at radius 2 is 2.38 bits per heavy atom. The van der Waals surface area contributed by atoms with Crippen molar-refractivity contribution in [3.05, 3.63) is 41.9 Å². The SMILES string of the molecule is Cn1c(=O)/c(=C\c2ccsc2)s/c1=C\C#N. The average molecular weight is 248 g/mol. The van der Waals surface area contributed by atoms with Crippen molar-refractivity contribution >= 4 is 34.8 Å². The van der Waals surface area contributed by atoms with Gasteiger partial charge in [0.1, 0.15) is 4.66 Å². The fraction of sp³-hybridized carbons (Fsp3) is 0.0909. The molecule has 0 aliphatic heterocycles. The smallest absolute Gasteiger partial charge is 0.268 e. The number of aromatic nitrogens is 1. The molecule has 0 saturated heterocycles. The van der Waals surface area contributed by atoms with E-state index in [1.54, 1.807) is 18.4 Å². The number of hydrogen-bond acceptors (Lipinski definition) is 4. The Hall–Kier alpha value is -1.64. The molecule has 0 fully saturated rings. The van der Waals surface area contributed by atoms with E-state index in [1.807, 2.05) is 29.0 Å². The highest BCUT2D eigenvalue weighted by Crippen LogP contribution is 2.05. The van der Waals surface area contributed by atoms with Gasteiger partial charge in [-0.3, -0.25) is 4.79 Å². The van der Waals surface area contributed by atoms with E-state index in [-0.39, 0.29) is 5.56 Å². The molecule has 0 aliphatic rings. The van der Waals surface area contributed by atoms with E-state index in [2.05, 4.69) is 0 Å². The van der Waals surface area contributed by atoms with Crippen molar-refractivity contribution in [2.24, 2.45) is 7.05 Å². The second kappa shape index (κ2) is 4.47. The molecule has 0 N–H and O–H groups in total. The first-order valence-electron chi connectivity index (χ1n) is 4.52. The fourth-order valence-electron chi connectivity index (χ4n) is 1.27. The van der Waals surface area contributed by atoms with Crippen LogP contribution in [0.15, 0.2) is 21.6 Å². The van der Waals surface area contributed by atoms with Crippen LogP contribution in [0.5, 0.6) is 0 Å². The molecular formula is C11H8N2OS2. The van der Waals surface area contributed by atoms with Crippen LogP contribution in [0.4, 0.5) is 0 Å². The predicted octanol–water partition coefficient (Wildman–Crippen LogP) is 0.641. The maximum atomic E-state index is 11.8. The van der Waals surface area contributed by atoms with E-state index < -0.39 is 0 Å². The second-order valence-electron chi connectivity index (χ2n) is 3.14. The zero-order valence-electron chi connectivity index (χ0n) is 8.51. The summed E-state index contributed by atoms with van der Waals surface area (Å²) in [5.74, 6) is 0. The van der Waals surface area contributed by atoms with Gasteiger partial charge in [0, 0.05) is 13.1 Å². The molecule has 16 heavy (non-hydrogen) atoms. The van der Waals surface area contributed by atoms with Crippen LogP contribution in [0.25, 0.3) is 12.2 Å². The molecule has 0 unspecified atom stereocenters. The highest BCUT2D eigenvalue weighted by Gasteiger charge is 1.99. The Labute approximate surface area is 99.8 Å². The standard InChI is InChI=1S/C11H8N2OS2/c1-13-10(2-4-12)16-9(11(13)14)6-8-3-5-15-7-8/h2-3,5-7H,1H3/b9-6+,10-2-. The van der Waals surface area contributed by atoms with E-state index in [0.29, 0.717) is 9.20 Å². The number of thiazole rings is 1. The third-order valence-electron chi connectivity index (χ3n) is 2.09. The lowest BCUT2D eigenvalue weighted by molar-refractivity contribution is 0.857. The normalized spacial score (nSPS) is 13.0. The highest BCUT2D eigenvalue weighted by atomic mass is 32.1. The molecule has 2 aromatic heterocycles. The van der Waals surface area contributed by atoms with Crippen LogP contribution < -0.4 is 14.8 Å². The van der Waals surface area contributed by atoms with Crippen LogP contribution >= 0.6 is 22.7 Å². The van der Waals surface area contributed by atoms with E-state index in [0.717, 1.165) is 5.56 Å². The second-order valence-corrected chi connectivity index (χ2v) is 4.99. The van der Waals surface area contributed by atoms with Gasteiger partial charge in [-0.2, -0.15) is 16.6 Å². The van der Waals surface area contributed by atoms with Gasteiger partial charge < -0.3 is 4.57 Å². The van der Waals surface area contributed by atoms with Gasteiger partial charge in [-0.25, -0.2) is 0 Å². The number of thiophene rings is 1. The lowest BCUT2D eigenvalue weighted by atomic mass is 10.3. The summed E-state index contributed by atoms with van der Waals surface area (Å²) in [5, 5.41) is 12.5. The van der Waals surface area contributed by atoms with Crippen molar-refractivity contribution < 1.29 is 0 Å². The molecule has 3 nitrogen and oxygen atoms in total. The summed E-state index contributed by atoms with van der Waals surface area (Å²) < 4.78 is 2.82. The van der Waals surface area contributed by atoms with Crippen molar-refractivity contribution in [1.29, 1.82) is 5.26 Å². The van der Waals surface area contributed by atoms with Gasteiger partial charge in [-0.1, -0.05) is 0 Å². The third kappa shape index (κ3) is 1.98. The molecule has 0 atom stereocenters. The Morgan fingerprint density at radius 3 is 3.00 bits per heavy atom. The summed E-state index contributed by atoms with van der Waals surface area (Å²) in [6.45, 7) is 0. The average Bonchev–Trinajstić information content (AvgIpc) is 2.85. The van der Waals surface area contributed by atoms with E-state index >= 15 is 0 Å². The van der Waals surface area contributed by atoms with Gasteiger partial charge in [0.2, 0.25) is 0 Å². The first-order chi connectivity index (χ1) is 7.72. The van der Waals surface area contributed by atoms with Crippen molar-refractivity contribution in [2.75, 3.05) is 0 Å². The van der Waals surface area contributed by atoms with Gasteiger partial charge in [-0.05, 0) is 28.5 Å². The van der Waals surface area contributed by atoms with Crippen LogP contribution in [0, 0.1) is 11.3 Å². The summed E-state index contributed by atoms with van der Waals surface area (Å²) in [6.07, 6.45) is 3.23. The molecule has 0 amide bonds. The summed E-state index contributed by atoms with van der Waals surface area (Å²) in [6, 6.07) is 3.89. The maximum absolute atomic E-state index is 11.8. The molecular weight excluding hydrogens is 240 g/mol. The topological polar surface area (TPSA) is 45.8 Å². The Balaban J connectivity index is 2.70. The van der Waals surface area contributed by atoms with E-state index in [1.165, 1.54) is 22.0 Å². The Kier molecular flexibility index (Phi) is 3.04. The quantitative estimate of drug-likeness (QED) is 0.743. The van der Waals surface area contributed by atoms with Gasteiger partial charge in [0.25, 0.3) is 5.56 Å². The number of nitriles is 1. The number of hydrogen-bond donors (Lipinski definition) is 0. The number of rotatable bonds is 1. The lowest BCUT2D eigenvalue weighted by Gasteiger charge is -1.82. The molecule has 0 spiro atoms. The molecule has 2 heterocycles.